The molecule has 0 aromatic heterocycles. The fraction of sp³-hybridized carbons (Fsp3) is 0.760. The molecule has 2 aliphatic carbocycles. The van der Waals surface area contributed by atoms with Crippen LogP contribution in [0.25, 0.3) is 0 Å². The molecule has 2 aliphatic rings. The number of aliphatic hydroxyl groups excluding tert-OH is 3. The third-order valence-corrected chi connectivity index (χ3v) is 7.19. The Morgan fingerprint density at radius 3 is 2.53 bits per heavy atom. The first-order valence-electron chi connectivity index (χ1n) is 11.8. The van der Waals surface area contributed by atoms with Crippen molar-refractivity contribution >= 4 is 11.9 Å². The largest absolute Gasteiger partial charge is 0.481 e. The highest BCUT2D eigenvalue weighted by atomic mass is 16.5. The van der Waals surface area contributed by atoms with Gasteiger partial charge in [-0.25, -0.2) is 0 Å². The first kappa shape index (κ1) is 26.6. The number of carbonyl (C=O) groups excluding carboxylic acids is 1. The Labute approximate surface area is 191 Å². The van der Waals surface area contributed by atoms with Crippen LogP contribution in [0, 0.1) is 29.1 Å². The average Bonchev–Trinajstić information content (AvgIpc) is 2.72. The predicted octanol–water partition coefficient (Wildman–Crippen LogP) is 3.08. The van der Waals surface area contributed by atoms with Crippen LogP contribution in [0.15, 0.2) is 23.8 Å². The van der Waals surface area contributed by atoms with E-state index < -0.39 is 23.6 Å². The Morgan fingerprint density at radius 1 is 1.25 bits per heavy atom. The summed E-state index contributed by atoms with van der Waals surface area (Å²) in [4.78, 5) is 23.6. The van der Waals surface area contributed by atoms with Crippen molar-refractivity contribution in [2.45, 2.75) is 84.5 Å². The van der Waals surface area contributed by atoms with Crippen molar-refractivity contribution in [2.24, 2.45) is 29.1 Å². The molecule has 0 bridgehead atoms. The molecule has 0 unspecified atom stereocenters. The molecule has 0 spiro atoms. The van der Waals surface area contributed by atoms with Gasteiger partial charge >= 0.3 is 11.9 Å². The van der Waals surface area contributed by atoms with Crippen molar-refractivity contribution in [1.29, 1.82) is 0 Å². The van der Waals surface area contributed by atoms with E-state index in [4.69, 9.17) is 9.84 Å². The van der Waals surface area contributed by atoms with E-state index in [0.717, 1.165) is 5.57 Å². The molecule has 0 heterocycles. The van der Waals surface area contributed by atoms with Crippen LogP contribution in [0.3, 0.4) is 0 Å². The number of carboxylic acid groups (broad SMARTS) is 1. The maximum atomic E-state index is 12.9. The summed E-state index contributed by atoms with van der Waals surface area (Å²) in [6.45, 7) is 7.81. The van der Waals surface area contributed by atoms with Gasteiger partial charge in [-0.3, -0.25) is 9.59 Å². The van der Waals surface area contributed by atoms with Gasteiger partial charge in [-0.15, -0.1) is 0 Å². The Bertz CT molecular complexity index is 711. The van der Waals surface area contributed by atoms with Crippen LogP contribution in [-0.4, -0.2) is 57.3 Å². The third-order valence-electron chi connectivity index (χ3n) is 7.19. The van der Waals surface area contributed by atoms with E-state index in [9.17, 15) is 24.9 Å². The summed E-state index contributed by atoms with van der Waals surface area (Å²) in [6, 6.07) is 0. The molecule has 4 N–H and O–H groups in total. The fourth-order valence-electron chi connectivity index (χ4n) is 4.77. The van der Waals surface area contributed by atoms with E-state index in [1.165, 1.54) is 0 Å². The zero-order valence-corrected chi connectivity index (χ0v) is 19.7. The second-order valence-corrected chi connectivity index (χ2v) is 10.2. The lowest BCUT2D eigenvalue weighted by Crippen LogP contribution is -2.43. The van der Waals surface area contributed by atoms with Crippen LogP contribution in [-0.2, 0) is 14.3 Å². The van der Waals surface area contributed by atoms with Crippen molar-refractivity contribution in [2.75, 3.05) is 6.61 Å². The van der Waals surface area contributed by atoms with Crippen LogP contribution in [0.2, 0.25) is 0 Å². The van der Waals surface area contributed by atoms with Crippen LogP contribution in [0.5, 0.6) is 0 Å². The number of carboxylic acids is 1. The molecule has 0 saturated carbocycles. The van der Waals surface area contributed by atoms with Gasteiger partial charge < -0.3 is 25.2 Å². The second-order valence-electron chi connectivity index (χ2n) is 10.2. The molecule has 2 rings (SSSR count). The zero-order chi connectivity index (χ0) is 24.1. The quantitative estimate of drug-likeness (QED) is 0.355. The fourth-order valence-corrected chi connectivity index (χ4v) is 4.77. The molecule has 7 atom stereocenters. The zero-order valence-electron chi connectivity index (χ0n) is 19.7. The van der Waals surface area contributed by atoms with Gasteiger partial charge in [0.05, 0.1) is 24.0 Å². The Kier molecular flexibility index (Phi) is 9.49. The number of allylic oxidation sites excluding steroid dienone is 2. The number of esters is 1. The molecule has 7 heteroatoms. The summed E-state index contributed by atoms with van der Waals surface area (Å²) in [6.07, 6.45) is 5.97. The first-order chi connectivity index (χ1) is 15.0. The highest BCUT2D eigenvalue weighted by molar-refractivity contribution is 5.76. The van der Waals surface area contributed by atoms with Crippen molar-refractivity contribution in [3.63, 3.8) is 0 Å². The lowest BCUT2D eigenvalue weighted by Gasteiger charge is -2.44. The Balaban J connectivity index is 2.16. The average molecular weight is 453 g/mol. The molecule has 0 saturated heterocycles. The van der Waals surface area contributed by atoms with Crippen LogP contribution in [0.1, 0.15) is 66.2 Å². The van der Waals surface area contributed by atoms with Crippen LogP contribution >= 0.6 is 0 Å². The summed E-state index contributed by atoms with van der Waals surface area (Å²) in [5.41, 5.74) is 0.476. The molecule has 0 fully saturated rings. The number of fused-ring (bicyclic) bond motifs is 1. The normalized spacial score (nSPS) is 29.6. The van der Waals surface area contributed by atoms with Gasteiger partial charge in [0.2, 0.25) is 0 Å². The molecule has 182 valence electrons. The topological polar surface area (TPSA) is 124 Å². The maximum Gasteiger partial charge on any atom is 0.311 e. The van der Waals surface area contributed by atoms with E-state index >= 15 is 0 Å². The molecule has 0 aliphatic heterocycles. The number of ether oxygens (including phenoxy) is 1. The summed E-state index contributed by atoms with van der Waals surface area (Å²) < 4.78 is 6.05. The minimum Gasteiger partial charge on any atom is -0.481 e. The third kappa shape index (κ3) is 6.90. The van der Waals surface area contributed by atoms with Gasteiger partial charge in [0, 0.05) is 18.4 Å². The first-order valence-corrected chi connectivity index (χ1v) is 11.8. The van der Waals surface area contributed by atoms with Crippen molar-refractivity contribution in [1.82, 2.24) is 0 Å². The highest BCUT2D eigenvalue weighted by Gasteiger charge is 2.43. The van der Waals surface area contributed by atoms with E-state index in [0.29, 0.717) is 25.7 Å². The monoisotopic (exact) mass is 452 g/mol. The second kappa shape index (κ2) is 11.4. The Morgan fingerprint density at radius 2 is 1.94 bits per heavy atom. The van der Waals surface area contributed by atoms with Gasteiger partial charge in [-0.2, -0.15) is 0 Å². The molecule has 0 radical (unpaired) electrons. The summed E-state index contributed by atoms with van der Waals surface area (Å²) >= 11 is 0. The van der Waals surface area contributed by atoms with Gasteiger partial charge in [-0.05, 0) is 63.4 Å². The van der Waals surface area contributed by atoms with E-state index in [1.54, 1.807) is 0 Å². The summed E-state index contributed by atoms with van der Waals surface area (Å²) in [5, 5.41) is 38.8. The van der Waals surface area contributed by atoms with E-state index in [2.05, 4.69) is 25.2 Å². The number of hydrogen-bond donors (Lipinski definition) is 4. The molecular formula is C25H40O7. The molecule has 0 aromatic carbocycles. The highest BCUT2D eigenvalue weighted by Crippen LogP contribution is 2.45. The van der Waals surface area contributed by atoms with E-state index in [-0.39, 0.29) is 55.2 Å². The smallest absolute Gasteiger partial charge is 0.311 e. The number of hydrogen-bond acceptors (Lipinski definition) is 6. The lowest BCUT2D eigenvalue weighted by molar-refractivity contribution is -0.165. The molecule has 0 aromatic rings. The summed E-state index contributed by atoms with van der Waals surface area (Å²) in [7, 11) is 0. The van der Waals surface area contributed by atoms with Crippen molar-refractivity contribution in [3.8, 4) is 0 Å². The number of aliphatic carboxylic acids is 1. The molecule has 0 amide bonds. The van der Waals surface area contributed by atoms with E-state index in [1.807, 2.05) is 20.8 Å². The van der Waals surface area contributed by atoms with Crippen molar-refractivity contribution in [3.05, 3.63) is 23.8 Å². The molecule has 32 heavy (non-hydrogen) atoms. The standard InChI is InChI=1S/C25H40O7/c1-5-25(3,4)24(31)32-21-11-16(14-26)10-17-7-6-15(2)20(23(17)21)9-8-18(27)12-19(28)13-22(29)30/h6-7,10,15-16,18-21,23,26-28H,5,8-9,11-14H2,1-4H3,(H,29,30)/t15-,16-,18+,19+,20-,21-,23-/m0/s1. The van der Waals surface area contributed by atoms with Gasteiger partial charge in [0.15, 0.2) is 0 Å². The minimum atomic E-state index is -1.09. The van der Waals surface area contributed by atoms with Gasteiger partial charge in [-0.1, -0.05) is 32.1 Å². The molecular weight excluding hydrogens is 412 g/mol. The molecule has 7 nitrogen and oxygen atoms in total. The maximum absolute atomic E-state index is 12.9. The van der Waals surface area contributed by atoms with Crippen LogP contribution < -0.4 is 0 Å². The SMILES string of the molecule is CCC(C)(C)C(=O)O[C@H]1C[C@@H](CO)C=C2C=C[C@H](C)[C@H](CC[C@@H](O)C[C@@H](O)CC(=O)O)[C@H]21. The number of rotatable bonds is 11. The van der Waals surface area contributed by atoms with Gasteiger partial charge in [0.1, 0.15) is 6.10 Å². The Hall–Kier alpha value is -1.70. The van der Waals surface area contributed by atoms with Crippen molar-refractivity contribution < 1.29 is 34.8 Å². The lowest BCUT2D eigenvalue weighted by atomic mass is 9.65. The number of carbonyl (C=O) groups is 2. The number of aliphatic hydroxyl groups is 3. The van der Waals surface area contributed by atoms with Gasteiger partial charge in [0.25, 0.3) is 0 Å². The summed E-state index contributed by atoms with van der Waals surface area (Å²) in [5.74, 6) is -1.09. The van der Waals surface area contributed by atoms with Crippen LogP contribution in [0.4, 0.5) is 0 Å². The predicted molar refractivity (Wildman–Crippen MR) is 121 cm³/mol. The minimum absolute atomic E-state index is 0.00428.